The second-order valence-electron chi connectivity index (χ2n) is 5.46. The third kappa shape index (κ3) is 2.69. The van der Waals surface area contributed by atoms with Crippen molar-refractivity contribution in [2.24, 2.45) is 0 Å². The van der Waals surface area contributed by atoms with E-state index in [2.05, 4.69) is 5.32 Å². The zero-order valence-electron chi connectivity index (χ0n) is 10.5. The molecule has 2 aliphatic heterocycles. The fourth-order valence-electron chi connectivity index (χ4n) is 3.05. The van der Waals surface area contributed by atoms with Gasteiger partial charge in [0.15, 0.2) is 9.84 Å². The van der Waals surface area contributed by atoms with Crippen LogP contribution in [0.4, 0.5) is 0 Å². The van der Waals surface area contributed by atoms with Crippen molar-refractivity contribution in [1.29, 1.82) is 0 Å². The van der Waals surface area contributed by atoms with Crippen molar-refractivity contribution in [3.63, 3.8) is 0 Å². The zero-order chi connectivity index (χ0) is 13.2. The van der Waals surface area contributed by atoms with Gasteiger partial charge >= 0.3 is 5.97 Å². The van der Waals surface area contributed by atoms with Gasteiger partial charge in [-0.25, -0.2) is 8.42 Å². The molecule has 0 spiro atoms. The van der Waals surface area contributed by atoms with E-state index in [9.17, 15) is 18.3 Å². The zero-order valence-corrected chi connectivity index (χ0v) is 11.3. The number of carboxylic acids is 1. The van der Waals surface area contributed by atoms with E-state index in [1.165, 1.54) is 0 Å². The maximum absolute atomic E-state index is 12.0. The number of sulfone groups is 1. The minimum atomic E-state index is -3.10. The van der Waals surface area contributed by atoms with E-state index < -0.39 is 26.6 Å². The Kier molecular flexibility index (Phi) is 3.96. The summed E-state index contributed by atoms with van der Waals surface area (Å²) in [5.74, 6) is -0.684. The maximum atomic E-state index is 12.0. The molecule has 0 aliphatic carbocycles. The van der Waals surface area contributed by atoms with Crippen LogP contribution in [-0.4, -0.2) is 42.6 Å². The van der Waals surface area contributed by atoms with Gasteiger partial charge in [-0.05, 0) is 45.1 Å². The average Bonchev–Trinajstić information content (AvgIpc) is 2.33. The molecule has 2 N–H and O–H groups in total. The summed E-state index contributed by atoms with van der Waals surface area (Å²) in [6.45, 7) is 0.666. The van der Waals surface area contributed by atoms with Crippen LogP contribution in [0.3, 0.4) is 0 Å². The molecule has 2 rings (SSSR count). The molecule has 5 nitrogen and oxygen atoms in total. The van der Waals surface area contributed by atoms with Crippen LogP contribution >= 0.6 is 0 Å². The summed E-state index contributed by atoms with van der Waals surface area (Å²) in [4.78, 5) is 11.5. The highest BCUT2D eigenvalue weighted by Crippen LogP contribution is 2.31. The van der Waals surface area contributed by atoms with Gasteiger partial charge in [-0.2, -0.15) is 0 Å². The quantitative estimate of drug-likeness (QED) is 0.801. The molecule has 2 saturated heterocycles. The molecule has 2 unspecified atom stereocenters. The van der Waals surface area contributed by atoms with Crippen LogP contribution in [0.2, 0.25) is 0 Å². The second kappa shape index (κ2) is 5.17. The molecule has 0 bridgehead atoms. The van der Waals surface area contributed by atoms with Gasteiger partial charge in [0.05, 0.1) is 11.0 Å². The highest BCUT2D eigenvalue weighted by molar-refractivity contribution is 7.92. The summed E-state index contributed by atoms with van der Waals surface area (Å²) in [6, 6.07) is 0. The molecule has 2 fully saturated rings. The highest BCUT2D eigenvalue weighted by atomic mass is 32.2. The largest absolute Gasteiger partial charge is 0.480 e. The lowest BCUT2D eigenvalue weighted by Gasteiger charge is -2.37. The Morgan fingerprint density at radius 1 is 1.28 bits per heavy atom. The molecule has 2 atom stereocenters. The van der Waals surface area contributed by atoms with Crippen molar-refractivity contribution in [2.75, 3.05) is 12.3 Å². The molecule has 18 heavy (non-hydrogen) atoms. The molecule has 0 aromatic rings. The predicted molar refractivity (Wildman–Crippen MR) is 68.3 cm³/mol. The van der Waals surface area contributed by atoms with Crippen LogP contribution in [0.25, 0.3) is 0 Å². The molecule has 0 radical (unpaired) electrons. The molecule has 6 heteroatoms. The number of hydrogen-bond acceptors (Lipinski definition) is 4. The maximum Gasteiger partial charge on any atom is 0.323 e. The van der Waals surface area contributed by atoms with Crippen LogP contribution < -0.4 is 5.32 Å². The molecular weight excluding hydrogens is 254 g/mol. The number of rotatable bonds is 3. The van der Waals surface area contributed by atoms with Crippen LogP contribution in [0.1, 0.15) is 44.9 Å². The molecule has 104 valence electrons. The highest BCUT2D eigenvalue weighted by Gasteiger charge is 2.44. The first-order chi connectivity index (χ1) is 8.46. The lowest BCUT2D eigenvalue weighted by atomic mass is 9.84. The minimum Gasteiger partial charge on any atom is -0.480 e. The minimum absolute atomic E-state index is 0.216. The summed E-state index contributed by atoms with van der Waals surface area (Å²) in [6.07, 6.45) is 4.79. The first-order valence-electron chi connectivity index (χ1n) is 6.66. The first-order valence-corrected chi connectivity index (χ1v) is 8.38. The molecule has 2 heterocycles. The third-order valence-electron chi connectivity index (χ3n) is 4.19. The predicted octanol–water partition coefficient (Wildman–Crippen LogP) is 0.941. The third-order valence-corrected chi connectivity index (χ3v) is 6.47. The van der Waals surface area contributed by atoms with E-state index in [0.29, 0.717) is 25.8 Å². The van der Waals surface area contributed by atoms with E-state index in [1.807, 2.05) is 0 Å². The molecule has 0 amide bonds. The second-order valence-corrected chi connectivity index (χ2v) is 7.86. The van der Waals surface area contributed by atoms with Crippen LogP contribution in [-0.2, 0) is 14.6 Å². The van der Waals surface area contributed by atoms with Crippen molar-refractivity contribution < 1.29 is 18.3 Å². The van der Waals surface area contributed by atoms with Crippen LogP contribution in [0.5, 0.6) is 0 Å². The Morgan fingerprint density at radius 3 is 2.61 bits per heavy atom. The van der Waals surface area contributed by atoms with Crippen molar-refractivity contribution in [2.45, 2.75) is 55.7 Å². The molecular formula is C12H21NO4S. The monoisotopic (exact) mass is 275 g/mol. The number of carboxylic acid groups (broad SMARTS) is 1. The number of carbonyl (C=O) groups is 1. The van der Waals surface area contributed by atoms with Gasteiger partial charge in [-0.1, -0.05) is 6.42 Å². The van der Waals surface area contributed by atoms with Gasteiger partial charge in [-0.15, -0.1) is 0 Å². The van der Waals surface area contributed by atoms with Crippen molar-refractivity contribution in [3.8, 4) is 0 Å². The smallest absolute Gasteiger partial charge is 0.323 e. The molecule has 0 aromatic heterocycles. The molecule has 0 aromatic carbocycles. The first kappa shape index (κ1) is 13.8. The number of nitrogens with one attached hydrogen (secondary N) is 1. The molecule has 2 aliphatic rings. The van der Waals surface area contributed by atoms with E-state index >= 15 is 0 Å². The van der Waals surface area contributed by atoms with Gasteiger partial charge in [0, 0.05) is 0 Å². The Hall–Kier alpha value is -0.620. The fraction of sp³-hybridized carbons (Fsp3) is 0.917. The van der Waals surface area contributed by atoms with Crippen LogP contribution in [0, 0.1) is 0 Å². The topological polar surface area (TPSA) is 83.5 Å². The molecule has 0 saturated carbocycles. The number of aliphatic carboxylic acids is 1. The van der Waals surface area contributed by atoms with E-state index in [-0.39, 0.29) is 12.2 Å². The average molecular weight is 275 g/mol. The van der Waals surface area contributed by atoms with Gasteiger partial charge in [0.1, 0.15) is 5.54 Å². The van der Waals surface area contributed by atoms with Gasteiger partial charge < -0.3 is 10.4 Å². The number of piperidine rings is 1. The van der Waals surface area contributed by atoms with E-state index in [1.54, 1.807) is 0 Å². The summed E-state index contributed by atoms with van der Waals surface area (Å²) in [5.41, 5.74) is -1.02. The Bertz CT molecular complexity index is 412. The van der Waals surface area contributed by atoms with Gasteiger partial charge in [0.2, 0.25) is 0 Å². The van der Waals surface area contributed by atoms with Crippen molar-refractivity contribution in [1.82, 2.24) is 5.32 Å². The SMILES string of the molecule is O=C(O)C1(CC2CCCCS2(=O)=O)CCCCN1. The summed E-state index contributed by atoms with van der Waals surface area (Å²) < 4.78 is 24.0. The lowest BCUT2D eigenvalue weighted by molar-refractivity contribution is -0.146. The normalized spacial score (nSPS) is 36.1. The van der Waals surface area contributed by atoms with E-state index in [0.717, 1.165) is 19.3 Å². The fourth-order valence-corrected chi connectivity index (χ4v) is 5.06. The van der Waals surface area contributed by atoms with Crippen LogP contribution in [0.15, 0.2) is 0 Å². The standard InChI is InChI=1S/C12H21NO4S/c14-11(15)12(6-2-3-7-13-12)9-10-5-1-4-8-18(10,16)17/h10,13H,1-9H2,(H,14,15). The van der Waals surface area contributed by atoms with Gasteiger partial charge in [0.25, 0.3) is 0 Å². The lowest BCUT2D eigenvalue weighted by Crippen LogP contribution is -2.57. The van der Waals surface area contributed by atoms with E-state index in [4.69, 9.17) is 0 Å². The Balaban J connectivity index is 2.16. The summed E-state index contributed by atoms with van der Waals surface area (Å²) in [5, 5.41) is 12.0. The summed E-state index contributed by atoms with van der Waals surface area (Å²) >= 11 is 0. The Morgan fingerprint density at radius 2 is 2.06 bits per heavy atom. The Labute approximate surface area is 108 Å². The number of hydrogen-bond donors (Lipinski definition) is 2. The van der Waals surface area contributed by atoms with Crippen molar-refractivity contribution >= 4 is 15.8 Å². The van der Waals surface area contributed by atoms with Gasteiger partial charge in [-0.3, -0.25) is 4.79 Å². The van der Waals surface area contributed by atoms with Crippen molar-refractivity contribution in [3.05, 3.63) is 0 Å². The summed E-state index contributed by atoms with van der Waals surface area (Å²) in [7, 11) is -3.10.